The minimum atomic E-state index is 0.127. The van der Waals surface area contributed by atoms with Crippen molar-refractivity contribution in [3.63, 3.8) is 0 Å². The molecule has 1 aromatic carbocycles. The normalized spacial score (nSPS) is 10.8. The molecule has 112 valence electrons. The van der Waals surface area contributed by atoms with Gasteiger partial charge in [-0.05, 0) is 38.2 Å². The highest BCUT2D eigenvalue weighted by Gasteiger charge is 2.02. The summed E-state index contributed by atoms with van der Waals surface area (Å²) in [6.07, 6.45) is 6.53. The van der Waals surface area contributed by atoms with Crippen LogP contribution in [0.3, 0.4) is 0 Å². The molecule has 0 aromatic heterocycles. The van der Waals surface area contributed by atoms with E-state index in [2.05, 4.69) is 29.3 Å². The molecule has 0 unspecified atom stereocenters. The van der Waals surface area contributed by atoms with Gasteiger partial charge in [-0.3, -0.25) is 4.79 Å². The fourth-order valence-corrected chi connectivity index (χ4v) is 2.17. The Morgan fingerprint density at radius 1 is 1.05 bits per heavy atom. The van der Waals surface area contributed by atoms with Gasteiger partial charge in [0.25, 0.3) is 0 Å². The molecule has 3 nitrogen and oxygen atoms in total. The highest BCUT2D eigenvalue weighted by Crippen LogP contribution is 2.12. The minimum absolute atomic E-state index is 0.127. The third kappa shape index (κ3) is 7.29. The van der Waals surface area contributed by atoms with E-state index in [4.69, 9.17) is 0 Å². The first-order chi connectivity index (χ1) is 9.61. The first-order valence-corrected chi connectivity index (χ1v) is 7.65. The molecule has 0 aliphatic carbocycles. The predicted octanol–water partition coefficient (Wildman–Crippen LogP) is 4.05. The molecule has 0 saturated carbocycles. The molecular formula is C17H28N2O. The van der Waals surface area contributed by atoms with Crippen molar-refractivity contribution in [1.82, 2.24) is 4.90 Å². The molecule has 20 heavy (non-hydrogen) atoms. The molecule has 1 rings (SSSR count). The van der Waals surface area contributed by atoms with Crippen LogP contribution in [0.5, 0.6) is 0 Å². The summed E-state index contributed by atoms with van der Waals surface area (Å²) in [5.41, 5.74) is 2.15. The van der Waals surface area contributed by atoms with Crippen LogP contribution in [0.2, 0.25) is 0 Å². The van der Waals surface area contributed by atoms with Gasteiger partial charge >= 0.3 is 0 Å². The number of unbranched alkanes of at least 4 members (excludes halogenated alkanes) is 4. The molecule has 0 aliphatic rings. The van der Waals surface area contributed by atoms with Crippen LogP contribution in [-0.4, -0.2) is 24.9 Å². The lowest BCUT2D eigenvalue weighted by Crippen LogP contribution is -2.12. The summed E-state index contributed by atoms with van der Waals surface area (Å²) in [5.74, 6) is 0.127. The van der Waals surface area contributed by atoms with Crippen molar-refractivity contribution in [2.45, 2.75) is 52.0 Å². The Kier molecular flexibility index (Phi) is 7.97. The van der Waals surface area contributed by atoms with Crippen molar-refractivity contribution >= 4 is 11.6 Å². The Hall–Kier alpha value is -1.35. The quantitative estimate of drug-likeness (QED) is 0.690. The van der Waals surface area contributed by atoms with Crippen LogP contribution in [0.25, 0.3) is 0 Å². The SMILES string of the molecule is CCCCCCCC(=O)Nc1ccc(CN(C)C)cc1. The molecule has 1 N–H and O–H groups in total. The Morgan fingerprint density at radius 3 is 2.30 bits per heavy atom. The van der Waals surface area contributed by atoms with Crippen LogP contribution in [0.1, 0.15) is 51.0 Å². The van der Waals surface area contributed by atoms with E-state index in [1.54, 1.807) is 0 Å². The van der Waals surface area contributed by atoms with Crippen LogP contribution in [0.15, 0.2) is 24.3 Å². The van der Waals surface area contributed by atoms with Gasteiger partial charge in [-0.25, -0.2) is 0 Å². The Labute approximate surface area is 123 Å². The number of hydrogen-bond donors (Lipinski definition) is 1. The first kappa shape index (κ1) is 16.7. The van der Waals surface area contributed by atoms with Crippen molar-refractivity contribution in [2.75, 3.05) is 19.4 Å². The predicted molar refractivity (Wildman–Crippen MR) is 85.8 cm³/mol. The number of benzene rings is 1. The van der Waals surface area contributed by atoms with Gasteiger partial charge in [0.2, 0.25) is 5.91 Å². The summed E-state index contributed by atoms with van der Waals surface area (Å²) in [5, 5.41) is 2.96. The number of nitrogens with zero attached hydrogens (tertiary/aromatic N) is 1. The molecule has 1 amide bonds. The van der Waals surface area contributed by atoms with E-state index in [1.807, 2.05) is 26.2 Å². The summed E-state index contributed by atoms with van der Waals surface area (Å²) in [7, 11) is 4.10. The van der Waals surface area contributed by atoms with Crippen LogP contribution < -0.4 is 5.32 Å². The maximum Gasteiger partial charge on any atom is 0.224 e. The molecule has 1 aromatic rings. The van der Waals surface area contributed by atoms with Gasteiger partial charge in [0.15, 0.2) is 0 Å². The third-order valence-corrected chi connectivity index (χ3v) is 3.24. The van der Waals surface area contributed by atoms with Crippen molar-refractivity contribution < 1.29 is 4.79 Å². The molecule has 0 aliphatic heterocycles. The van der Waals surface area contributed by atoms with Crippen LogP contribution in [-0.2, 0) is 11.3 Å². The third-order valence-electron chi connectivity index (χ3n) is 3.24. The molecule has 0 radical (unpaired) electrons. The molecule has 0 bridgehead atoms. The van der Waals surface area contributed by atoms with Crippen molar-refractivity contribution in [3.8, 4) is 0 Å². The van der Waals surface area contributed by atoms with Crippen LogP contribution >= 0.6 is 0 Å². The fourth-order valence-electron chi connectivity index (χ4n) is 2.17. The Balaban J connectivity index is 2.27. The van der Waals surface area contributed by atoms with Gasteiger partial charge in [-0.1, -0.05) is 44.7 Å². The van der Waals surface area contributed by atoms with Gasteiger partial charge in [-0.2, -0.15) is 0 Å². The van der Waals surface area contributed by atoms with Crippen molar-refractivity contribution in [2.24, 2.45) is 0 Å². The lowest BCUT2D eigenvalue weighted by molar-refractivity contribution is -0.116. The highest BCUT2D eigenvalue weighted by atomic mass is 16.1. The van der Waals surface area contributed by atoms with E-state index in [9.17, 15) is 4.79 Å². The number of anilines is 1. The highest BCUT2D eigenvalue weighted by molar-refractivity contribution is 5.90. The van der Waals surface area contributed by atoms with Crippen molar-refractivity contribution in [1.29, 1.82) is 0 Å². The second kappa shape index (κ2) is 9.54. The topological polar surface area (TPSA) is 32.3 Å². The van der Waals surface area contributed by atoms with E-state index >= 15 is 0 Å². The number of carbonyl (C=O) groups is 1. The van der Waals surface area contributed by atoms with Crippen LogP contribution in [0.4, 0.5) is 5.69 Å². The van der Waals surface area contributed by atoms with Gasteiger partial charge in [0.05, 0.1) is 0 Å². The monoisotopic (exact) mass is 276 g/mol. The van der Waals surface area contributed by atoms with E-state index in [0.717, 1.165) is 25.1 Å². The van der Waals surface area contributed by atoms with Crippen molar-refractivity contribution in [3.05, 3.63) is 29.8 Å². The summed E-state index contributed by atoms with van der Waals surface area (Å²) >= 11 is 0. The second-order valence-electron chi connectivity index (χ2n) is 5.65. The molecule has 0 spiro atoms. The molecule has 0 fully saturated rings. The largest absolute Gasteiger partial charge is 0.326 e. The van der Waals surface area contributed by atoms with Gasteiger partial charge < -0.3 is 10.2 Å². The summed E-state index contributed by atoms with van der Waals surface area (Å²) < 4.78 is 0. The molecule has 0 saturated heterocycles. The lowest BCUT2D eigenvalue weighted by atomic mass is 10.1. The summed E-state index contributed by atoms with van der Waals surface area (Å²) in [6.45, 7) is 3.12. The minimum Gasteiger partial charge on any atom is -0.326 e. The molecule has 0 heterocycles. The summed E-state index contributed by atoms with van der Waals surface area (Å²) in [4.78, 5) is 13.9. The first-order valence-electron chi connectivity index (χ1n) is 7.65. The lowest BCUT2D eigenvalue weighted by Gasteiger charge is -2.10. The zero-order chi connectivity index (χ0) is 14.8. The number of carbonyl (C=O) groups excluding carboxylic acids is 1. The van der Waals surface area contributed by atoms with Gasteiger partial charge in [0.1, 0.15) is 0 Å². The van der Waals surface area contributed by atoms with Gasteiger partial charge in [0, 0.05) is 18.7 Å². The van der Waals surface area contributed by atoms with Crippen LogP contribution in [0, 0.1) is 0 Å². The average molecular weight is 276 g/mol. The standard InChI is InChI=1S/C17H28N2O/c1-4-5-6-7-8-9-17(20)18-16-12-10-15(11-13-16)14-19(2)3/h10-13H,4-9,14H2,1-3H3,(H,18,20). The number of rotatable bonds is 9. The smallest absolute Gasteiger partial charge is 0.224 e. The van der Waals surface area contributed by atoms with E-state index in [1.165, 1.54) is 24.8 Å². The van der Waals surface area contributed by atoms with E-state index in [-0.39, 0.29) is 5.91 Å². The fraction of sp³-hybridized carbons (Fsp3) is 0.588. The van der Waals surface area contributed by atoms with Gasteiger partial charge in [-0.15, -0.1) is 0 Å². The molecular weight excluding hydrogens is 248 g/mol. The Morgan fingerprint density at radius 2 is 1.70 bits per heavy atom. The molecule has 0 atom stereocenters. The number of nitrogens with one attached hydrogen (secondary N) is 1. The maximum absolute atomic E-state index is 11.8. The average Bonchev–Trinajstić information content (AvgIpc) is 2.40. The maximum atomic E-state index is 11.8. The van der Waals surface area contributed by atoms with E-state index in [0.29, 0.717) is 6.42 Å². The second-order valence-corrected chi connectivity index (χ2v) is 5.65. The number of amides is 1. The van der Waals surface area contributed by atoms with E-state index < -0.39 is 0 Å². The molecule has 3 heteroatoms. The zero-order valence-electron chi connectivity index (χ0n) is 13.1. The Bertz CT molecular complexity index is 384. The summed E-state index contributed by atoms with van der Waals surface area (Å²) in [6, 6.07) is 8.09. The number of hydrogen-bond acceptors (Lipinski definition) is 2. The zero-order valence-corrected chi connectivity index (χ0v) is 13.1.